The summed E-state index contributed by atoms with van der Waals surface area (Å²) >= 11 is 0. The van der Waals surface area contributed by atoms with E-state index >= 15 is 0 Å². The smallest absolute Gasteiger partial charge is 0.261 e. The molecule has 1 heterocycles. The third-order valence-electron chi connectivity index (χ3n) is 5.33. The third-order valence-corrected chi connectivity index (χ3v) is 6.72. The molecule has 7 nitrogen and oxygen atoms in total. The summed E-state index contributed by atoms with van der Waals surface area (Å²) in [5, 5.41) is 0. The average Bonchev–Trinajstić information content (AvgIpc) is 2.75. The summed E-state index contributed by atoms with van der Waals surface area (Å²) in [7, 11) is 0.231. The predicted octanol–water partition coefficient (Wildman–Crippen LogP) is 2.20. The highest BCUT2D eigenvalue weighted by molar-refractivity contribution is 7.92. The zero-order chi connectivity index (χ0) is 21.6. The van der Waals surface area contributed by atoms with Gasteiger partial charge < -0.3 is 14.7 Å². The molecule has 0 radical (unpaired) electrons. The number of carbonyl (C=O) groups is 1. The van der Waals surface area contributed by atoms with Gasteiger partial charge in [-0.05, 0) is 50.3 Å². The minimum atomic E-state index is -3.69. The second-order valence-corrected chi connectivity index (χ2v) is 9.41. The normalized spacial score (nSPS) is 15.7. The Morgan fingerprint density at radius 2 is 1.73 bits per heavy atom. The molecule has 0 spiro atoms. The lowest BCUT2D eigenvalue weighted by Crippen LogP contribution is -2.45. The first-order valence-electron chi connectivity index (χ1n) is 10.2. The van der Waals surface area contributed by atoms with E-state index in [1.165, 1.54) is 12.1 Å². The molecule has 1 aliphatic heterocycles. The van der Waals surface area contributed by atoms with Crippen LogP contribution in [0.3, 0.4) is 0 Å². The maximum absolute atomic E-state index is 12.8. The van der Waals surface area contributed by atoms with Crippen molar-refractivity contribution >= 4 is 21.6 Å². The standard InChI is InChI=1S/C22H30N4O3S/c1-24-14-16-26(17-15-24)13-7-12-25(2)22(27)19-8-6-9-20(18-19)23-30(28,29)21-10-4-3-5-11-21/h3-6,8-11,18,23H,7,12-17H2,1-2H3. The van der Waals surface area contributed by atoms with Gasteiger partial charge in [0.25, 0.3) is 15.9 Å². The van der Waals surface area contributed by atoms with Gasteiger partial charge in [0.05, 0.1) is 4.90 Å². The first-order valence-corrected chi connectivity index (χ1v) is 11.7. The Hall–Kier alpha value is -2.42. The number of anilines is 1. The van der Waals surface area contributed by atoms with Crippen molar-refractivity contribution in [3.05, 3.63) is 60.2 Å². The highest BCUT2D eigenvalue weighted by atomic mass is 32.2. The van der Waals surface area contributed by atoms with Gasteiger partial charge in [-0.1, -0.05) is 24.3 Å². The van der Waals surface area contributed by atoms with Crippen LogP contribution in [-0.2, 0) is 10.0 Å². The summed E-state index contributed by atoms with van der Waals surface area (Å²) in [6.07, 6.45) is 0.909. The van der Waals surface area contributed by atoms with Gasteiger partial charge in [-0.2, -0.15) is 0 Å². The van der Waals surface area contributed by atoms with Gasteiger partial charge in [0.1, 0.15) is 0 Å². The molecule has 1 N–H and O–H groups in total. The summed E-state index contributed by atoms with van der Waals surface area (Å²) in [5.74, 6) is -0.117. The molecule has 1 fully saturated rings. The number of rotatable bonds is 8. The molecule has 30 heavy (non-hydrogen) atoms. The van der Waals surface area contributed by atoms with Crippen LogP contribution in [-0.4, -0.2) is 82.4 Å². The minimum Gasteiger partial charge on any atom is -0.342 e. The Labute approximate surface area is 179 Å². The van der Waals surface area contributed by atoms with Crippen molar-refractivity contribution in [1.29, 1.82) is 0 Å². The number of carbonyl (C=O) groups excluding carboxylic acids is 1. The number of amides is 1. The fraction of sp³-hybridized carbons (Fsp3) is 0.409. The van der Waals surface area contributed by atoms with Gasteiger partial charge in [-0.3, -0.25) is 9.52 Å². The zero-order valence-electron chi connectivity index (χ0n) is 17.6. The lowest BCUT2D eigenvalue weighted by Gasteiger charge is -2.32. The van der Waals surface area contributed by atoms with Crippen molar-refractivity contribution in [2.45, 2.75) is 11.3 Å². The highest BCUT2D eigenvalue weighted by Gasteiger charge is 2.17. The van der Waals surface area contributed by atoms with Crippen molar-refractivity contribution < 1.29 is 13.2 Å². The fourth-order valence-electron chi connectivity index (χ4n) is 3.45. The van der Waals surface area contributed by atoms with Crippen LogP contribution in [0.25, 0.3) is 0 Å². The van der Waals surface area contributed by atoms with Crippen molar-refractivity contribution in [3.8, 4) is 0 Å². The van der Waals surface area contributed by atoms with Gasteiger partial charge in [-0.25, -0.2) is 8.42 Å². The summed E-state index contributed by atoms with van der Waals surface area (Å²) in [4.78, 5) is 19.4. The molecule has 3 rings (SSSR count). The Kier molecular flexibility index (Phi) is 7.47. The second-order valence-electron chi connectivity index (χ2n) is 7.72. The number of sulfonamides is 1. The van der Waals surface area contributed by atoms with Gasteiger partial charge in [0, 0.05) is 51.0 Å². The molecular weight excluding hydrogens is 400 g/mol. The second kappa shape index (κ2) is 10.1. The van der Waals surface area contributed by atoms with Crippen LogP contribution in [0.5, 0.6) is 0 Å². The molecule has 0 saturated carbocycles. The van der Waals surface area contributed by atoms with E-state index in [9.17, 15) is 13.2 Å². The van der Waals surface area contributed by atoms with Gasteiger partial charge in [0.15, 0.2) is 0 Å². The summed E-state index contributed by atoms with van der Waals surface area (Å²) < 4.78 is 27.6. The van der Waals surface area contributed by atoms with E-state index in [4.69, 9.17) is 0 Å². The highest BCUT2D eigenvalue weighted by Crippen LogP contribution is 2.18. The fourth-order valence-corrected chi connectivity index (χ4v) is 4.52. The molecule has 1 saturated heterocycles. The molecule has 0 unspecified atom stereocenters. The maximum atomic E-state index is 12.8. The minimum absolute atomic E-state index is 0.117. The molecule has 1 aliphatic rings. The van der Waals surface area contributed by atoms with Crippen LogP contribution in [0.2, 0.25) is 0 Å². The van der Waals surface area contributed by atoms with Crippen molar-refractivity contribution in [3.63, 3.8) is 0 Å². The quantitative estimate of drug-likeness (QED) is 0.695. The number of benzene rings is 2. The zero-order valence-corrected chi connectivity index (χ0v) is 18.4. The number of likely N-dealkylation sites (N-methyl/N-ethyl adjacent to an activating group) is 1. The first-order chi connectivity index (χ1) is 14.3. The lowest BCUT2D eigenvalue weighted by atomic mass is 10.2. The maximum Gasteiger partial charge on any atom is 0.261 e. The van der Waals surface area contributed by atoms with Crippen molar-refractivity contribution in [2.75, 3.05) is 58.1 Å². The summed E-state index contributed by atoms with van der Waals surface area (Å²) in [6, 6.07) is 14.8. The van der Waals surface area contributed by atoms with Crippen molar-refractivity contribution in [2.24, 2.45) is 0 Å². The Morgan fingerprint density at radius 3 is 2.43 bits per heavy atom. The Balaban J connectivity index is 1.56. The van der Waals surface area contributed by atoms with Crippen LogP contribution in [0.1, 0.15) is 16.8 Å². The van der Waals surface area contributed by atoms with E-state index in [0.29, 0.717) is 17.8 Å². The molecular formula is C22H30N4O3S. The Bertz CT molecular complexity index is 942. The number of nitrogens with zero attached hydrogens (tertiary/aromatic N) is 3. The topological polar surface area (TPSA) is 73.0 Å². The molecule has 2 aromatic carbocycles. The number of piperazine rings is 1. The molecule has 162 valence electrons. The molecule has 8 heteroatoms. The monoisotopic (exact) mass is 430 g/mol. The van der Waals surface area contributed by atoms with Gasteiger partial charge in [0.2, 0.25) is 0 Å². The summed E-state index contributed by atoms with van der Waals surface area (Å²) in [6.45, 7) is 5.93. The van der Waals surface area contributed by atoms with Crippen LogP contribution < -0.4 is 4.72 Å². The van der Waals surface area contributed by atoms with Crippen LogP contribution >= 0.6 is 0 Å². The SMILES string of the molecule is CN1CCN(CCCN(C)C(=O)c2cccc(NS(=O)(=O)c3ccccc3)c2)CC1. The molecule has 0 aliphatic carbocycles. The number of nitrogens with one attached hydrogen (secondary N) is 1. The molecule has 2 aromatic rings. The third kappa shape index (κ3) is 6.04. The largest absolute Gasteiger partial charge is 0.342 e. The molecule has 0 aromatic heterocycles. The van der Waals surface area contributed by atoms with E-state index in [0.717, 1.165) is 39.1 Å². The van der Waals surface area contributed by atoms with E-state index in [2.05, 4.69) is 21.6 Å². The van der Waals surface area contributed by atoms with Crippen molar-refractivity contribution in [1.82, 2.24) is 14.7 Å². The molecule has 1 amide bonds. The van der Waals surface area contributed by atoms with E-state index in [-0.39, 0.29) is 10.8 Å². The van der Waals surface area contributed by atoms with E-state index in [1.807, 2.05) is 0 Å². The predicted molar refractivity (Wildman–Crippen MR) is 119 cm³/mol. The summed E-state index contributed by atoms with van der Waals surface area (Å²) in [5.41, 5.74) is 0.834. The molecule has 0 atom stereocenters. The van der Waals surface area contributed by atoms with Gasteiger partial charge >= 0.3 is 0 Å². The van der Waals surface area contributed by atoms with Crippen LogP contribution in [0.4, 0.5) is 5.69 Å². The van der Waals surface area contributed by atoms with Crippen LogP contribution in [0.15, 0.2) is 59.5 Å². The van der Waals surface area contributed by atoms with Crippen LogP contribution in [0, 0.1) is 0 Å². The number of hydrogen-bond donors (Lipinski definition) is 1. The number of hydrogen-bond acceptors (Lipinski definition) is 5. The molecule has 0 bridgehead atoms. The van der Waals surface area contributed by atoms with E-state index in [1.54, 1.807) is 54.4 Å². The Morgan fingerprint density at radius 1 is 1.03 bits per heavy atom. The lowest BCUT2D eigenvalue weighted by molar-refractivity contribution is 0.0783. The van der Waals surface area contributed by atoms with E-state index < -0.39 is 10.0 Å². The first kappa shape index (κ1) is 22.3. The van der Waals surface area contributed by atoms with Gasteiger partial charge in [-0.15, -0.1) is 0 Å². The average molecular weight is 431 g/mol.